The lowest BCUT2D eigenvalue weighted by atomic mass is 9.74. The summed E-state index contributed by atoms with van der Waals surface area (Å²) in [5.41, 5.74) is 0.396. The van der Waals surface area contributed by atoms with Gasteiger partial charge in [-0.3, -0.25) is 4.98 Å². The van der Waals surface area contributed by atoms with Crippen LogP contribution in [0.15, 0.2) is 36.7 Å². The average Bonchev–Trinajstić information content (AvgIpc) is 2.46. The third-order valence-corrected chi connectivity index (χ3v) is 4.92. The Morgan fingerprint density at radius 2 is 1.90 bits per heavy atom. The minimum atomic E-state index is -0.668. The molecular weight excluding hydrogens is 248 g/mol. The van der Waals surface area contributed by atoms with E-state index in [9.17, 15) is 5.11 Å². The van der Waals surface area contributed by atoms with Gasteiger partial charge >= 0.3 is 0 Å². The predicted molar refractivity (Wildman–Crippen MR) is 79.4 cm³/mol. The van der Waals surface area contributed by atoms with Crippen molar-refractivity contribution in [1.29, 1.82) is 0 Å². The summed E-state index contributed by atoms with van der Waals surface area (Å²) in [5, 5.41) is 17.1. The van der Waals surface area contributed by atoms with Gasteiger partial charge in [-0.05, 0) is 48.8 Å². The van der Waals surface area contributed by atoms with E-state index in [2.05, 4.69) is 28.5 Å². The summed E-state index contributed by atoms with van der Waals surface area (Å²) in [4.78, 5) is 4.15. The third-order valence-electron chi connectivity index (χ3n) is 4.92. The van der Waals surface area contributed by atoms with Crippen LogP contribution in [0.25, 0.3) is 10.8 Å². The molecule has 2 aliphatic rings. The van der Waals surface area contributed by atoms with Crippen LogP contribution >= 0.6 is 0 Å². The highest BCUT2D eigenvalue weighted by Gasteiger charge is 2.41. The number of piperidine rings is 2. The molecule has 2 fully saturated rings. The van der Waals surface area contributed by atoms with E-state index in [1.807, 2.05) is 18.5 Å². The highest BCUT2D eigenvalue weighted by atomic mass is 16.3. The Kier molecular flexibility index (Phi) is 2.79. The summed E-state index contributed by atoms with van der Waals surface area (Å²) in [7, 11) is 0. The summed E-state index contributed by atoms with van der Waals surface area (Å²) in [6.45, 7) is 0. The minimum Gasteiger partial charge on any atom is -0.385 e. The topological polar surface area (TPSA) is 45.2 Å². The molecule has 2 saturated heterocycles. The summed E-state index contributed by atoms with van der Waals surface area (Å²) < 4.78 is 0. The van der Waals surface area contributed by atoms with Gasteiger partial charge in [0.25, 0.3) is 0 Å². The van der Waals surface area contributed by atoms with Crippen molar-refractivity contribution in [3.8, 4) is 0 Å². The van der Waals surface area contributed by atoms with Crippen LogP contribution in [0.5, 0.6) is 0 Å². The molecule has 0 amide bonds. The van der Waals surface area contributed by atoms with Gasteiger partial charge in [-0.2, -0.15) is 0 Å². The lowest BCUT2D eigenvalue weighted by Crippen LogP contribution is -2.54. The molecular formula is C17H20N2O. The minimum absolute atomic E-state index is 0.473. The summed E-state index contributed by atoms with van der Waals surface area (Å²) >= 11 is 0. The lowest BCUT2D eigenvalue weighted by Gasteiger charge is -2.45. The van der Waals surface area contributed by atoms with Gasteiger partial charge in [0, 0.05) is 29.9 Å². The maximum atomic E-state index is 11.2. The molecule has 0 saturated carbocycles. The number of hydrogen-bond acceptors (Lipinski definition) is 3. The monoisotopic (exact) mass is 268 g/mol. The molecule has 4 rings (SSSR count). The van der Waals surface area contributed by atoms with Crippen LogP contribution < -0.4 is 5.32 Å². The maximum Gasteiger partial charge on any atom is 0.0926 e. The second-order valence-electron chi connectivity index (χ2n) is 6.37. The van der Waals surface area contributed by atoms with E-state index in [0.29, 0.717) is 12.1 Å². The fourth-order valence-corrected chi connectivity index (χ4v) is 3.94. The van der Waals surface area contributed by atoms with Crippen LogP contribution in [0.2, 0.25) is 0 Å². The first-order valence-electron chi connectivity index (χ1n) is 7.56. The smallest absolute Gasteiger partial charge is 0.0926 e. The number of nitrogens with one attached hydrogen (secondary N) is 1. The van der Waals surface area contributed by atoms with Crippen LogP contribution in [0, 0.1) is 0 Å². The van der Waals surface area contributed by atoms with Crippen molar-refractivity contribution in [2.24, 2.45) is 0 Å². The number of nitrogens with zero attached hydrogens (tertiary/aromatic N) is 1. The van der Waals surface area contributed by atoms with E-state index in [1.165, 1.54) is 19.3 Å². The van der Waals surface area contributed by atoms with E-state index < -0.39 is 5.60 Å². The van der Waals surface area contributed by atoms with E-state index in [-0.39, 0.29) is 0 Å². The van der Waals surface area contributed by atoms with Crippen LogP contribution in [0.4, 0.5) is 0 Å². The number of aromatic nitrogens is 1. The second-order valence-corrected chi connectivity index (χ2v) is 6.37. The van der Waals surface area contributed by atoms with Crippen LogP contribution in [-0.4, -0.2) is 22.2 Å². The molecule has 2 aromatic rings. The highest BCUT2D eigenvalue weighted by Crippen LogP contribution is 2.40. The molecule has 2 N–H and O–H groups in total. The highest BCUT2D eigenvalue weighted by molar-refractivity contribution is 5.82. The van der Waals surface area contributed by atoms with Crippen molar-refractivity contribution in [2.75, 3.05) is 0 Å². The molecule has 2 bridgehead atoms. The molecule has 20 heavy (non-hydrogen) atoms. The first-order chi connectivity index (χ1) is 9.73. The molecule has 0 spiro atoms. The van der Waals surface area contributed by atoms with E-state index in [0.717, 1.165) is 29.2 Å². The van der Waals surface area contributed by atoms with E-state index >= 15 is 0 Å². The SMILES string of the molecule is OC1(c2ccc3cnccc3c2)CC2CCCC(C1)N2. The molecule has 2 unspecified atom stereocenters. The van der Waals surface area contributed by atoms with E-state index in [1.54, 1.807) is 0 Å². The summed E-state index contributed by atoms with van der Waals surface area (Å²) in [6, 6.07) is 9.25. The Hall–Kier alpha value is -1.45. The molecule has 104 valence electrons. The van der Waals surface area contributed by atoms with Gasteiger partial charge in [0.15, 0.2) is 0 Å². The zero-order valence-electron chi connectivity index (χ0n) is 11.5. The zero-order chi connectivity index (χ0) is 13.6. The summed E-state index contributed by atoms with van der Waals surface area (Å²) in [5.74, 6) is 0. The van der Waals surface area contributed by atoms with Gasteiger partial charge in [0.1, 0.15) is 0 Å². The van der Waals surface area contributed by atoms with Crippen LogP contribution in [0.1, 0.15) is 37.7 Å². The number of hydrogen-bond donors (Lipinski definition) is 2. The molecule has 3 nitrogen and oxygen atoms in total. The maximum absolute atomic E-state index is 11.2. The predicted octanol–water partition coefficient (Wildman–Crippen LogP) is 2.73. The van der Waals surface area contributed by atoms with Crippen molar-refractivity contribution in [3.63, 3.8) is 0 Å². The van der Waals surface area contributed by atoms with Crippen molar-refractivity contribution in [1.82, 2.24) is 10.3 Å². The number of rotatable bonds is 1. The molecule has 2 atom stereocenters. The first kappa shape index (κ1) is 12.3. The molecule has 2 aliphatic heterocycles. The fourth-order valence-electron chi connectivity index (χ4n) is 3.94. The van der Waals surface area contributed by atoms with Gasteiger partial charge < -0.3 is 10.4 Å². The standard InChI is InChI=1S/C17H20N2O/c20-17(9-15-2-1-3-16(10-17)19-15)14-5-4-13-11-18-7-6-12(13)8-14/h4-8,11,15-16,19-20H,1-3,9-10H2. The third kappa shape index (κ3) is 2.02. The first-order valence-corrected chi connectivity index (χ1v) is 7.56. The van der Waals surface area contributed by atoms with Gasteiger partial charge in [-0.1, -0.05) is 18.6 Å². The van der Waals surface area contributed by atoms with Crippen molar-refractivity contribution < 1.29 is 5.11 Å². The van der Waals surface area contributed by atoms with Crippen molar-refractivity contribution in [3.05, 3.63) is 42.2 Å². The van der Waals surface area contributed by atoms with Crippen molar-refractivity contribution >= 4 is 10.8 Å². The van der Waals surface area contributed by atoms with Gasteiger partial charge in [-0.25, -0.2) is 0 Å². The number of aliphatic hydroxyl groups is 1. The fraction of sp³-hybridized carbons (Fsp3) is 0.471. The molecule has 1 aromatic carbocycles. The largest absolute Gasteiger partial charge is 0.385 e. The second kappa shape index (κ2) is 4.54. The quantitative estimate of drug-likeness (QED) is 0.836. The lowest BCUT2D eigenvalue weighted by molar-refractivity contribution is -0.0357. The molecule has 0 aliphatic carbocycles. The van der Waals surface area contributed by atoms with Crippen molar-refractivity contribution in [2.45, 2.75) is 49.8 Å². The van der Waals surface area contributed by atoms with Gasteiger partial charge in [0.05, 0.1) is 5.60 Å². The Bertz CT molecular complexity index is 628. The van der Waals surface area contributed by atoms with Gasteiger partial charge in [0.2, 0.25) is 0 Å². The van der Waals surface area contributed by atoms with Crippen LogP contribution in [0.3, 0.4) is 0 Å². The Balaban J connectivity index is 1.73. The molecule has 3 heteroatoms. The normalized spacial score (nSPS) is 33.2. The number of benzene rings is 1. The van der Waals surface area contributed by atoms with E-state index in [4.69, 9.17) is 0 Å². The van der Waals surface area contributed by atoms with Gasteiger partial charge in [-0.15, -0.1) is 0 Å². The Morgan fingerprint density at radius 1 is 1.10 bits per heavy atom. The Morgan fingerprint density at radius 3 is 2.70 bits per heavy atom. The Labute approximate surface area is 119 Å². The number of pyridine rings is 1. The zero-order valence-corrected chi connectivity index (χ0v) is 11.5. The molecule has 0 radical (unpaired) electrons. The average molecular weight is 268 g/mol. The molecule has 3 heterocycles. The summed E-state index contributed by atoms with van der Waals surface area (Å²) in [6.07, 6.45) is 9.03. The molecule has 1 aromatic heterocycles. The number of fused-ring (bicyclic) bond motifs is 3. The van der Waals surface area contributed by atoms with Crippen LogP contribution in [-0.2, 0) is 5.60 Å².